The molecule has 0 saturated carbocycles. The van der Waals surface area contributed by atoms with Crippen LogP contribution < -0.4 is 4.74 Å². The molecule has 66 valence electrons. The van der Waals surface area contributed by atoms with Gasteiger partial charge in [-0.3, -0.25) is 4.98 Å². The number of nitrogens with zero attached hydrogens (tertiary/aromatic N) is 1. The van der Waals surface area contributed by atoms with Gasteiger partial charge in [0.1, 0.15) is 5.75 Å². The normalized spacial score (nSPS) is 12.6. The molecule has 0 radical (unpaired) electrons. The van der Waals surface area contributed by atoms with Crippen molar-refractivity contribution in [2.75, 3.05) is 7.11 Å². The summed E-state index contributed by atoms with van der Waals surface area (Å²) >= 11 is 0. The molecule has 3 nitrogen and oxygen atoms in total. The van der Waals surface area contributed by atoms with Gasteiger partial charge in [0.2, 0.25) is 0 Å². The number of hydrogen-bond acceptors (Lipinski definition) is 3. The first-order chi connectivity index (χ1) is 5.74. The molecule has 0 amide bonds. The standard InChI is InChI=1S/C9H13NO2/c1-7(11)5-8-3-4-10-6-9(8)12-2/h3-4,6-7,11H,5H2,1-2H3. The molecule has 1 atom stereocenters. The molecule has 0 bridgehead atoms. The molecule has 1 aromatic heterocycles. The fourth-order valence-corrected chi connectivity index (χ4v) is 1.08. The van der Waals surface area contributed by atoms with E-state index < -0.39 is 0 Å². The molecule has 1 aromatic rings. The van der Waals surface area contributed by atoms with E-state index in [-0.39, 0.29) is 6.10 Å². The highest BCUT2D eigenvalue weighted by Gasteiger charge is 2.04. The summed E-state index contributed by atoms with van der Waals surface area (Å²) in [7, 11) is 1.60. The van der Waals surface area contributed by atoms with Crippen LogP contribution in [0.3, 0.4) is 0 Å². The molecule has 0 saturated heterocycles. The molecule has 0 aliphatic carbocycles. The average molecular weight is 167 g/mol. The number of rotatable bonds is 3. The van der Waals surface area contributed by atoms with Gasteiger partial charge in [0.05, 0.1) is 19.4 Å². The van der Waals surface area contributed by atoms with Crippen molar-refractivity contribution in [1.29, 1.82) is 0 Å². The molecule has 0 aliphatic rings. The maximum Gasteiger partial charge on any atom is 0.140 e. The summed E-state index contributed by atoms with van der Waals surface area (Å²) in [5, 5.41) is 9.15. The SMILES string of the molecule is COc1cnccc1CC(C)O. The van der Waals surface area contributed by atoms with Crippen molar-refractivity contribution in [3.63, 3.8) is 0 Å². The summed E-state index contributed by atoms with van der Waals surface area (Å²) in [4.78, 5) is 3.92. The summed E-state index contributed by atoms with van der Waals surface area (Å²) in [5.74, 6) is 0.735. The zero-order chi connectivity index (χ0) is 8.97. The molecule has 12 heavy (non-hydrogen) atoms. The van der Waals surface area contributed by atoms with E-state index in [2.05, 4.69) is 4.98 Å². The van der Waals surface area contributed by atoms with Crippen molar-refractivity contribution < 1.29 is 9.84 Å². The molecule has 3 heteroatoms. The third-order valence-corrected chi connectivity index (χ3v) is 1.61. The lowest BCUT2D eigenvalue weighted by Crippen LogP contribution is -2.05. The van der Waals surface area contributed by atoms with Gasteiger partial charge in [0.25, 0.3) is 0 Å². The predicted octanol–water partition coefficient (Wildman–Crippen LogP) is 1.01. The molecular weight excluding hydrogens is 154 g/mol. The Kier molecular flexibility index (Phi) is 3.05. The Hall–Kier alpha value is -1.09. The van der Waals surface area contributed by atoms with Gasteiger partial charge < -0.3 is 9.84 Å². The topological polar surface area (TPSA) is 42.4 Å². The van der Waals surface area contributed by atoms with E-state index in [0.717, 1.165) is 11.3 Å². The minimum absolute atomic E-state index is 0.346. The van der Waals surface area contributed by atoms with Crippen molar-refractivity contribution in [1.82, 2.24) is 4.98 Å². The second-order valence-corrected chi connectivity index (χ2v) is 2.74. The first-order valence-electron chi connectivity index (χ1n) is 3.89. The second-order valence-electron chi connectivity index (χ2n) is 2.74. The van der Waals surface area contributed by atoms with Gasteiger partial charge >= 0.3 is 0 Å². The fourth-order valence-electron chi connectivity index (χ4n) is 1.08. The highest BCUT2D eigenvalue weighted by atomic mass is 16.5. The highest BCUT2D eigenvalue weighted by Crippen LogP contribution is 2.16. The van der Waals surface area contributed by atoms with Gasteiger partial charge in [-0.1, -0.05) is 0 Å². The second kappa shape index (κ2) is 4.07. The summed E-state index contributed by atoms with van der Waals surface area (Å²) in [5.41, 5.74) is 0.988. The minimum atomic E-state index is -0.346. The Labute approximate surface area is 72.0 Å². The molecule has 0 aliphatic heterocycles. The highest BCUT2D eigenvalue weighted by molar-refractivity contribution is 5.30. The van der Waals surface area contributed by atoms with E-state index >= 15 is 0 Å². The molecule has 0 fully saturated rings. The number of pyridine rings is 1. The van der Waals surface area contributed by atoms with Gasteiger partial charge in [0.15, 0.2) is 0 Å². The van der Waals surface area contributed by atoms with E-state index in [1.54, 1.807) is 26.4 Å². The van der Waals surface area contributed by atoms with Crippen LogP contribution in [0.4, 0.5) is 0 Å². The van der Waals surface area contributed by atoms with Crippen LogP contribution in [0.25, 0.3) is 0 Å². The molecular formula is C9H13NO2. The quantitative estimate of drug-likeness (QED) is 0.730. The third-order valence-electron chi connectivity index (χ3n) is 1.61. The number of hydrogen-bond donors (Lipinski definition) is 1. The van der Waals surface area contributed by atoms with Crippen LogP contribution >= 0.6 is 0 Å². The van der Waals surface area contributed by atoms with Crippen LogP contribution in [0.2, 0.25) is 0 Å². The zero-order valence-corrected chi connectivity index (χ0v) is 7.32. The molecule has 1 rings (SSSR count). The van der Waals surface area contributed by atoms with Crippen LogP contribution in [0.1, 0.15) is 12.5 Å². The van der Waals surface area contributed by atoms with Gasteiger partial charge in [0, 0.05) is 12.6 Å². The van der Waals surface area contributed by atoms with Gasteiger partial charge in [-0.05, 0) is 18.6 Å². The summed E-state index contributed by atoms with van der Waals surface area (Å²) < 4.78 is 5.07. The predicted molar refractivity (Wildman–Crippen MR) is 46.2 cm³/mol. The lowest BCUT2D eigenvalue weighted by atomic mass is 10.1. The van der Waals surface area contributed by atoms with E-state index in [0.29, 0.717) is 6.42 Å². The van der Waals surface area contributed by atoms with Gasteiger partial charge in [-0.15, -0.1) is 0 Å². The zero-order valence-electron chi connectivity index (χ0n) is 7.32. The van der Waals surface area contributed by atoms with Crippen LogP contribution in [-0.2, 0) is 6.42 Å². The van der Waals surface area contributed by atoms with Crippen LogP contribution in [-0.4, -0.2) is 23.3 Å². The lowest BCUT2D eigenvalue weighted by Gasteiger charge is -2.08. The summed E-state index contributed by atoms with van der Waals surface area (Å²) in [6.45, 7) is 1.75. The first kappa shape index (κ1) is 9.00. The van der Waals surface area contributed by atoms with Crippen LogP contribution in [0.5, 0.6) is 5.75 Å². The number of aliphatic hydroxyl groups is 1. The van der Waals surface area contributed by atoms with Gasteiger partial charge in [-0.25, -0.2) is 0 Å². The Balaban J connectivity index is 2.82. The lowest BCUT2D eigenvalue weighted by molar-refractivity contribution is 0.194. The van der Waals surface area contributed by atoms with Crippen molar-refractivity contribution in [2.24, 2.45) is 0 Å². The van der Waals surface area contributed by atoms with E-state index in [1.807, 2.05) is 6.07 Å². The summed E-state index contributed by atoms with van der Waals surface area (Å²) in [6.07, 6.45) is 3.60. The van der Waals surface area contributed by atoms with Crippen LogP contribution in [0, 0.1) is 0 Å². The molecule has 1 heterocycles. The number of ether oxygens (including phenoxy) is 1. The van der Waals surface area contributed by atoms with Crippen molar-refractivity contribution in [3.8, 4) is 5.75 Å². The third kappa shape index (κ3) is 2.20. The first-order valence-corrected chi connectivity index (χ1v) is 3.89. The maximum absolute atomic E-state index is 9.15. The number of aromatic nitrogens is 1. The smallest absolute Gasteiger partial charge is 0.140 e. The maximum atomic E-state index is 9.15. The van der Waals surface area contributed by atoms with E-state index in [9.17, 15) is 0 Å². The Morgan fingerprint density at radius 3 is 3.00 bits per heavy atom. The Bertz CT molecular complexity index is 248. The number of aliphatic hydroxyl groups excluding tert-OH is 1. The average Bonchev–Trinajstić information content (AvgIpc) is 2.04. The Morgan fingerprint density at radius 1 is 1.67 bits per heavy atom. The van der Waals surface area contributed by atoms with Crippen LogP contribution in [0.15, 0.2) is 18.5 Å². The van der Waals surface area contributed by atoms with E-state index in [4.69, 9.17) is 9.84 Å². The summed E-state index contributed by atoms with van der Waals surface area (Å²) in [6, 6.07) is 1.85. The van der Waals surface area contributed by atoms with Crippen molar-refractivity contribution in [3.05, 3.63) is 24.0 Å². The van der Waals surface area contributed by atoms with Gasteiger partial charge in [-0.2, -0.15) is 0 Å². The molecule has 1 unspecified atom stereocenters. The monoisotopic (exact) mass is 167 g/mol. The Morgan fingerprint density at radius 2 is 2.42 bits per heavy atom. The molecule has 0 spiro atoms. The minimum Gasteiger partial charge on any atom is -0.495 e. The van der Waals surface area contributed by atoms with Crippen molar-refractivity contribution in [2.45, 2.75) is 19.4 Å². The van der Waals surface area contributed by atoms with E-state index in [1.165, 1.54) is 0 Å². The van der Waals surface area contributed by atoms with Crippen molar-refractivity contribution >= 4 is 0 Å². The number of methoxy groups -OCH3 is 1. The molecule has 0 aromatic carbocycles. The largest absolute Gasteiger partial charge is 0.495 e. The fraction of sp³-hybridized carbons (Fsp3) is 0.444. The molecule has 1 N–H and O–H groups in total.